The first kappa shape index (κ1) is 23.4. The van der Waals surface area contributed by atoms with Gasteiger partial charge in [-0.1, -0.05) is 58.3 Å². The Hall–Kier alpha value is -1.63. The van der Waals surface area contributed by atoms with Crippen LogP contribution in [0.25, 0.3) is 0 Å². The van der Waals surface area contributed by atoms with Crippen molar-refractivity contribution in [3.63, 3.8) is 0 Å². The van der Waals surface area contributed by atoms with Crippen LogP contribution in [0.15, 0.2) is 0 Å². The average Bonchev–Trinajstić information content (AvgIpc) is 2.61. The van der Waals surface area contributed by atoms with Crippen molar-refractivity contribution >= 4 is 17.8 Å². The molecule has 0 aliphatic rings. The molecule has 0 fully saturated rings. The third-order valence-corrected chi connectivity index (χ3v) is 3.68. The fraction of sp³-hybridized carbons (Fsp3) is 0.833. The van der Waals surface area contributed by atoms with E-state index in [1.807, 2.05) is 0 Å². The van der Waals surface area contributed by atoms with E-state index in [9.17, 15) is 14.4 Å². The van der Waals surface area contributed by atoms with E-state index in [0.29, 0.717) is 6.42 Å². The lowest BCUT2D eigenvalue weighted by atomic mass is 10.1. The number of rotatable bonds is 15. The van der Waals surface area contributed by atoms with E-state index in [-0.39, 0.29) is 32.2 Å². The van der Waals surface area contributed by atoms with E-state index in [1.54, 1.807) is 0 Å². The standard InChI is InChI=1S/C18H34N2O5/c1-2-3-4-5-6-7-8-9-10-11-16(21)20-13-15-25-18(23)17(22)24-14-12-19/h2-15,19H2,1H3,(H,20,21). The Morgan fingerprint density at radius 3 is 1.88 bits per heavy atom. The van der Waals surface area contributed by atoms with Crippen LogP contribution >= 0.6 is 0 Å². The van der Waals surface area contributed by atoms with Gasteiger partial charge in [0.2, 0.25) is 5.91 Å². The lowest BCUT2D eigenvalue weighted by Gasteiger charge is -2.07. The number of amides is 1. The van der Waals surface area contributed by atoms with Crippen molar-refractivity contribution in [3.05, 3.63) is 0 Å². The van der Waals surface area contributed by atoms with Crippen LogP contribution in [0.1, 0.15) is 71.1 Å². The largest absolute Gasteiger partial charge is 0.456 e. The maximum absolute atomic E-state index is 11.6. The number of unbranched alkanes of at least 4 members (excludes halogenated alkanes) is 8. The van der Waals surface area contributed by atoms with Crippen LogP contribution in [0, 0.1) is 0 Å². The van der Waals surface area contributed by atoms with Gasteiger partial charge in [0.05, 0.1) is 6.54 Å². The summed E-state index contributed by atoms with van der Waals surface area (Å²) in [5, 5.41) is 2.66. The minimum atomic E-state index is -1.07. The van der Waals surface area contributed by atoms with Crippen molar-refractivity contribution in [1.82, 2.24) is 5.32 Å². The molecular formula is C18H34N2O5. The Morgan fingerprint density at radius 2 is 1.32 bits per heavy atom. The molecule has 0 aliphatic heterocycles. The van der Waals surface area contributed by atoms with E-state index in [4.69, 9.17) is 5.73 Å². The first-order valence-electron chi connectivity index (χ1n) is 9.42. The van der Waals surface area contributed by atoms with Crippen LogP contribution in [-0.2, 0) is 23.9 Å². The molecule has 0 aromatic heterocycles. The van der Waals surface area contributed by atoms with Crippen molar-refractivity contribution in [3.8, 4) is 0 Å². The first-order valence-corrected chi connectivity index (χ1v) is 9.42. The van der Waals surface area contributed by atoms with Gasteiger partial charge in [0.15, 0.2) is 0 Å². The Balaban J connectivity index is 3.41. The number of esters is 2. The zero-order valence-electron chi connectivity index (χ0n) is 15.5. The summed E-state index contributed by atoms with van der Waals surface area (Å²) in [7, 11) is 0. The zero-order chi connectivity index (χ0) is 18.8. The van der Waals surface area contributed by atoms with Crippen molar-refractivity contribution in [1.29, 1.82) is 0 Å². The molecule has 0 atom stereocenters. The molecule has 0 aromatic carbocycles. The van der Waals surface area contributed by atoms with Gasteiger partial charge in [-0.25, -0.2) is 9.59 Å². The molecule has 7 heteroatoms. The molecule has 0 heterocycles. The summed E-state index contributed by atoms with van der Waals surface area (Å²) in [5.74, 6) is -2.20. The molecule has 7 nitrogen and oxygen atoms in total. The Morgan fingerprint density at radius 1 is 0.800 bits per heavy atom. The third kappa shape index (κ3) is 15.6. The second-order valence-corrected chi connectivity index (χ2v) is 5.99. The predicted octanol–water partition coefficient (Wildman–Crippen LogP) is 2.07. The van der Waals surface area contributed by atoms with Gasteiger partial charge in [0, 0.05) is 13.0 Å². The van der Waals surface area contributed by atoms with Gasteiger partial charge in [0.1, 0.15) is 13.2 Å². The van der Waals surface area contributed by atoms with Crippen LogP contribution in [0.3, 0.4) is 0 Å². The molecule has 0 saturated heterocycles. The van der Waals surface area contributed by atoms with Crippen molar-refractivity contribution in [2.75, 3.05) is 26.3 Å². The number of nitrogens with two attached hydrogens (primary N) is 1. The number of ether oxygens (including phenoxy) is 2. The Labute approximate surface area is 151 Å². The lowest BCUT2D eigenvalue weighted by molar-refractivity contribution is -0.167. The summed E-state index contributed by atoms with van der Waals surface area (Å²) < 4.78 is 9.20. The quantitative estimate of drug-likeness (QED) is 0.264. The average molecular weight is 358 g/mol. The topological polar surface area (TPSA) is 108 Å². The van der Waals surface area contributed by atoms with Gasteiger partial charge in [-0.2, -0.15) is 0 Å². The number of carbonyl (C=O) groups is 3. The van der Waals surface area contributed by atoms with Gasteiger partial charge in [-0.05, 0) is 6.42 Å². The Kier molecular flexibility index (Phi) is 16.1. The van der Waals surface area contributed by atoms with E-state index >= 15 is 0 Å². The fourth-order valence-electron chi connectivity index (χ4n) is 2.29. The highest BCUT2D eigenvalue weighted by atomic mass is 16.6. The molecule has 0 saturated carbocycles. The van der Waals surface area contributed by atoms with Gasteiger partial charge in [-0.15, -0.1) is 0 Å². The molecule has 146 valence electrons. The van der Waals surface area contributed by atoms with E-state index < -0.39 is 11.9 Å². The number of hydrogen-bond donors (Lipinski definition) is 2. The molecule has 1 amide bonds. The van der Waals surface area contributed by atoms with Crippen LogP contribution in [0.5, 0.6) is 0 Å². The van der Waals surface area contributed by atoms with Crippen molar-refractivity contribution < 1.29 is 23.9 Å². The van der Waals surface area contributed by atoms with Gasteiger partial charge in [0.25, 0.3) is 0 Å². The van der Waals surface area contributed by atoms with E-state index in [1.165, 1.54) is 44.9 Å². The molecule has 0 radical (unpaired) electrons. The second-order valence-electron chi connectivity index (χ2n) is 5.99. The summed E-state index contributed by atoms with van der Waals surface area (Å²) in [6.07, 6.45) is 11.3. The molecule has 0 rings (SSSR count). The van der Waals surface area contributed by atoms with Gasteiger partial charge < -0.3 is 20.5 Å². The number of nitrogens with one attached hydrogen (secondary N) is 1. The smallest absolute Gasteiger partial charge is 0.417 e. The fourth-order valence-corrected chi connectivity index (χ4v) is 2.29. The van der Waals surface area contributed by atoms with E-state index in [0.717, 1.165) is 12.8 Å². The maximum atomic E-state index is 11.6. The lowest BCUT2D eigenvalue weighted by Crippen LogP contribution is -2.30. The molecule has 0 unspecified atom stereocenters. The number of hydrogen-bond acceptors (Lipinski definition) is 6. The maximum Gasteiger partial charge on any atom is 0.417 e. The molecule has 25 heavy (non-hydrogen) atoms. The molecule has 0 aromatic rings. The van der Waals surface area contributed by atoms with Crippen molar-refractivity contribution in [2.24, 2.45) is 5.73 Å². The van der Waals surface area contributed by atoms with Crippen LogP contribution in [0.4, 0.5) is 0 Å². The minimum absolute atomic E-state index is 0.0244. The Bertz CT molecular complexity index is 374. The highest BCUT2D eigenvalue weighted by molar-refractivity contribution is 6.29. The first-order chi connectivity index (χ1) is 12.1. The molecule has 0 bridgehead atoms. The predicted molar refractivity (Wildman–Crippen MR) is 95.8 cm³/mol. The van der Waals surface area contributed by atoms with Gasteiger partial charge >= 0.3 is 11.9 Å². The molecule has 0 spiro atoms. The highest BCUT2D eigenvalue weighted by Crippen LogP contribution is 2.10. The zero-order valence-corrected chi connectivity index (χ0v) is 15.5. The van der Waals surface area contributed by atoms with Crippen LogP contribution in [0.2, 0.25) is 0 Å². The summed E-state index contributed by atoms with van der Waals surface area (Å²) in [6.45, 7) is 2.47. The van der Waals surface area contributed by atoms with Crippen molar-refractivity contribution in [2.45, 2.75) is 71.1 Å². The third-order valence-electron chi connectivity index (χ3n) is 3.68. The van der Waals surface area contributed by atoms with Crippen LogP contribution < -0.4 is 11.1 Å². The molecule has 0 aliphatic carbocycles. The van der Waals surface area contributed by atoms with Gasteiger partial charge in [-0.3, -0.25) is 4.79 Å². The minimum Gasteiger partial charge on any atom is -0.456 e. The summed E-state index contributed by atoms with van der Waals surface area (Å²) in [6, 6.07) is 0. The highest BCUT2D eigenvalue weighted by Gasteiger charge is 2.16. The summed E-state index contributed by atoms with van der Waals surface area (Å²) >= 11 is 0. The molecule has 3 N–H and O–H groups in total. The normalized spacial score (nSPS) is 10.3. The molecular weight excluding hydrogens is 324 g/mol. The summed E-state index contributed by atoms with van der Waals surface area (Å²) in [5.41, 5.74) is 5.15. The SMILES string of the molecule is CCCCCCCCCCCC(=O)NCCOC(=O)C(=O)OCCN. The number of carbonyl (C=O) groups excluding carboxylic acids is 3. The van der Waals surface area contributed by atoms with E-state index in [2.05, 4.69) is 21.7 Å². The summed E-state index contributed by atoms with van der Waals surface area (Å²) in [4.78, 5) is 33.9. The monoisotopic (exact) mass is 358 g/mol. The second kappa shape index (κ2) is 17.2. The van der Waals surface area contributed by atoms with Crippen LogP contribution in [-0.4, -0.2) is 44.1 Å².